The molecule has 0 amide bonds. The molecule has 2 rings (SSSR count). The van der Waals surface area contributed by atoms with Crippen LogP contribution in [-0.4, -0.2) is 0 Å². The van der Waals surface area contributed by atoms with E-state index in [1.165, 1.54) is 36.4 Å². The average molecular weight is 289 g/mol. The van der Waals surface area contributed by atoms with Crippen molar-refractivity contribution in [3.05, 3.63) is 71.0 Å². The third-order valence-corrected chi connectivity index (χ3v) is 3.17. The number of benzene rings is 2. The van der Waals surface area contributed by atoms with Crippen LogP contribution in [0.3, 0.4) is 0 Å². The maximum Gasteiger partial charge on any atom is 0.416 e. The van der Waals surface area contributed by atoms with Gasteiger partial charge in [0.1, 0.15) is 5.82 Å². The van der Waals surface area contributed by atoms with Crippen LogP contribution < -0.4 is 0 Å². The molecule has 0 bridgehead atoms. The molecule has 0 saturated carbocycles. The van der Waals surface area contributed by atoms with Crippen LogP contribution in [0.2, 0.25) is 0 Å². The Kier molecular flexibility index (Phi) is 3.80. The third kappa shape index (κ3) is 3.26. The topological polar surface area (TPSA) is 0 Å². The minimum Gasteiger partial charge on any atom is -0.207 e. The fourth-order valence-corrected chi connectivity index (χ4v) is 1.98. The molecule has 100 valence electrons. The van der Waals surface area contributed by atoms with Crippen LogP contribution >= 0.6 is 11.6 Å². The van der Waals surface area contributed by atoms with Gasteiger partial charge in [0.25, 0.3) is 0 Å². The molecule has 0 fully saturated rings. The van der Waals surface area contributed by atoms with E-state index in [1.54, 1.807) is 0 Å². The van der Waals surface area contributed by atoms with Gasteiger partial charge in [0, 0.05) is 0 Å². The van der Waals surface area contributed by atoms with E-state index in [0.717, 1.165) is 12.1 Å². The SMILES string of the molecule is Fc1ccc([C@H](Cl)c2cccc(C(F)(F)F)c2)cc1. The summed E-state index contributed by atoms with van der Waals surface area (Å²) in [6.07, 6.45) is -4.41. The normalized spacial score (nSPS) is 13.3. The van der Waals surface area contributed by atoms with Crippen molar-refractivity contribution in [2.45, 2.75) is 11.6 Å². The van der Waals surface area contributed by atoms with Crippen LogP contribution in [0.25, 0.3) is 0 Å². The number of halogens is 5. The minimum absolute atomic E-state index is 0.322. The molecule has 0 heterocycles. The van der Waals surface area contributed by atoms with Gasteiger partial charge in [-0.15, -0.1) is 11.6 Å². The Morgan fingerprint density at radius 1 is 0.895 bits per heavy atom. The zero-order valence-corrected chi connectivity index (χ0v) is 10.3. The van der Waals surface area contributed by atoms with Crippen molar-refractivity contribution in [2.24, 2.45) is 0 Å². The molecule has 0 aromatic heterocycles. The summed E-state index contributed by atoms with van der Waals surface area (Å²) in [5.41, 5.74) is 0.114. The van der Waals surface area contributed by atoms with Crippen molar-refractivity contribution >= 4 is 11.6 Å². The molecule has 5 heteroatoms. The van der Waals surface area contributed by atoms with Crippen LogP contribution in [0.1, 0.15) is 22.1 Å². The van der Waals surface area contributed by atoms with Crippen LogP contribution in [0.5, 0.6) is 0 Å². The molecule has 0 radical (unpaired) electrons. The Bertz CT molecular complexity index is 560. The van der Waals surface area contributed by atoms with Crippen LogP contribution in [-0.2, 0) is 6.18 Å². The molecule has 0 spiro atoms. The van der Waals surface area contributed by atoms with Gasteiger partial charge in [-0.2, -0.15) is 13.2 Å². The predicted octanol–water partition coefficient (Wildman–Crippen LogP) is 5.17. The van der Waals surface area contributed by atoms with Crippen molar-refractivity contribution in [1.29, 1.82) is 0 Å². The Morgan fingerprint density at radius 3 is 2.11 bits per heavy atom. The zero-order chi connectivity index (χ0) is 14.0. The highest BCUT2D eigenvalue weighted by molar-refractivity contribution is 6.22. The largest absolute Gasteiger partial charge is 0.416 e. The average Bonchev–Trinajstić information content (AvgIpc) is 2.38. The monoisotopic (exact) mass is 288 g/mol. The number of hydrogen-bond acceptors (Lipinski definition) is 0. The second-order valence-corrected chi connectivity index (χ2v) is 4.47. The van der Waals surface area contributed by atoms with E-state index in [4.69, 9.17) is 11.6 Å². The highest BCUT2D eigenvalue weighted by Crippen LogP contribution is 2.34. The smallest absolute Gasteiger partial charge is 0.207 e. The lowest BCUT2D eigenvalue weighted by atomic mass is 10.0. The number of hydrogen-bond donors (Lipinski definition) is 0. The summed E-state index contributed by atoms with van der Waals surface area (Å²) in [4.78, 5) is 0. The fraction of sp³-hybridized carbons (Fsp3) is 0.143. The van der Waals surface area contributed by atoms with Crippen LogP contribution in [0.4, 0.5) is 17.6 Å². The molecule has 2 aromatic rings. The van der Waals surface area contributed by atoms with Gasteiger partial charge >= 0.3 is 6.18 Å². The maximum atomic E-state index is 12.8. The van der Waals surface area contributed by atoms with Crippen molar-refractivity contribution in [3.8, 4) is 0 Å². The quantitative estimate of drug-likeness (QED) is 0.528. The van der Waals surface area contributed by atoms with Gasteiger partial charge in [0.05, 0.1) is 10.9 Å². The fourth-order valence-electron chi connectivity index (χ4n) is 1.70. The Balaban J connectivity index is 2.34. The summed E-state index contributed by atoms with van der Waals surface area (Å²) in [7, 11) is 0. The molecule has 0 unspecified atom stereocenters. The van der Waals surface area contributed by atoms with Crippen molar-refractivity contribution in [3.63, 3.8) is 0 Å². The molecule has 0 aliphatic carbocycles. The van der Waals surface area contributed by atoms with Gasteiger partial charge in [-0.25, -0.2) is 4.39 Å². The molecule has 1 atom stereocenters. The van der Waals surface area contributed by atoms with Crippen molar-refractivity contribution < 1.29 is 17.6 Å². The molecular formula is C14H9ClF4. The van der Waals surface area contributed by atoms with Crippen LogP contribution in [0.15, 0.2) is 48.5 Å². The summed E-state index contributed by atoms with van der Waals surface area (Å²) < 4.78 is 50.6. The second-order valence-electron chi connectivity index (χ2n) is 4.04. The summed E-state index contributed by atoms with van der Waals surface area (Å²) in [5.74, 6) is -0.420. The van der Waals surface area contributed by atoms with E-state index in [9.17, 15) is 17.6 Å². The van der Waals surface area contributed by atoms with E-state index in [2.05, 4.69) is 0 Å². The van der Waals surface area contributed by atoms with Gasteiger partial charge in [-0.05, 0) is 35.4 Å². The van der Waals surface area contributed by atoms with Crippen molar-refractivity contribution in [1.82, 2.24) is 0 Å². The van der Waals surface area contributed by atoms with E-state index >= 15 is 0 Å². The molecule has 2 aromatic carbocycles. The lowest BCUT2D eigenvalue weighted by Crippen LogP contribution is -2.06. The standard InChI is InChI=1S/C14H9ClF4/c15-13(9-4-6-12(16)7-5-9)10-2-1-3-11(8-10)14(17,18)19/h1-8,13H/t13-/m0/s1. The first-order valence-corrected chi connectivity index (χ1v) is 5.88. The first kappa shape index (κ1) is 13.9. The lowest BCUT2D eigenvalue weighted by molar-refractivity contribution is -0.137. The first-order valence-electron chi connectivity index (χ1n) is 5.44. The Morgan fingerprint density at radius 2 is 1.53 bits per heavy atom. The van der Waals surface area contributed by atoms with Crippen LogP contribution in [0, 0.1) is 5.82 Å². The summed E-state index contributed by atoms with van der Waals surface area (Å²) >= 11 is 6.12. The summed E-state index contributed by atoms with van der Waals surface area (Å²) in [5, 5.41) is -0.747. The number of alkyl halides is 4. The van der Waals surface area contributed by atoms with E-state index in [0.29, 0.717) is 11.1 Å². The second kappa shape index (κ2) is 5.21. The van der Waals surface area contributed by atoms with Gasteiger partial charge in [0.2, 0.25) is 0 Å². The molecular weight excluding hydrogens is 280 g/mol. The Labute approximate surface area is 112 Å². The summed E-state index contributed by atoms with van der Waals surface area (Å²) in [6.45, 7) is 0. The van der Waals surface area contributed by atoms with E-state index in [-0.39, 0.29) is 0 Å². The van der Waals surface area contributed by atoms with Gasteiger partial charge in [-0.1, -0.05) is 24.3 Å². The highest BCUT2D eigenvalue weighted by atomic mass is 35.5. The van der Waals surface area contributed by atoms with Gasteiger partial charge < -0.3 is 0 Å². The number of rotatable bonds is 2. The maximum absolute atomic E-state index is 12.8. The molecule has 0 saturated heterocycles. The Hall–Kier alpha value is -1.55. The third-order valence-electron chi connectivity index (χ3n) is 2.67. The molecule has 19 heavy (non-hydrogen) atoms. The molecule has 0 N–H and O–H groups in total. The minimum atomic E-state index is -4.41. The summed E-state index contributed by atoms with van der Waals surface area (Å²) in [6, 6.07) is 10.1. The van der Waals surface area contributed by atoms with Gasteiger partial charge in [0.15, 0.2) is 0 Å². The predicted molar refractivity (Wildman–Crippen MR) is 65.5 cm³/mol. The molecule has 0 nitrogen and oxygen atoms in total. The van der Waals surface area contributed by atoms with Crippen molar-refractivity contribution in [2.75, 3.05) is 0 Å². The molecule has 0 aliphatic heterocycles. The first-order chi connectivity index (χ1) is 8.88. The van der Waals surface area contributed by atoms with E-state index < -0.39 is 22.9 Å². The zero-order valence-electron chi connectivity index (χ0n) is 9.59. The highest BCUT2D eigenvalue weighted by Gasteiger charge is 2.30. The van der Waals surface area contributed by atoms with Gasteiger partial charge in [-0.3, -0.25) is 0 Å². The van der Waals surface area contributed by atoms with E-state index in [1.807, 2.05) is 0 Å². The molecule has 0 aliphatic rings. The lowest BCUT2D eigenvalue weighted by Gasteiger charge is -2.13.